The summed E-state index contributed by atoms with van der Waals surface area (Å²) in [5.74, 6) is 0. The molecule has 1 aliphatic rings. The minimum Gasteiger partial charge on any atom is -0.443 e. The summed E-state index contributed by atoms with van der Waals surface area (Å²) in [6.45, 7) is 5.29. The van der Waals surface area contributed by atoms with Crippen LogP contribution in [0.25, 0.3) is 10.9 Å². The molecule has 4 rings (SSSR count). The molecule has 0 radical (unpaired) electrons. The molecule has 0 unspecified atom stereocenters. The van der Waals surface area contributed by atoms with Crippen molar-refractivity contribution < 1.29 is 19.6 Å². The van der Waals surface area contributed by atoms with E-state index in [2.05, 4.69) is 0 Å². The Morgan fingerprint density at radius 1 is 1.19 bits per heavy atom. The number of thioether (sulfide) groups is 1. The van der Waals surface area contributed by atoms with Gasteiger partial charge in [0.1, 0.15) is 10.9 Å². The Kier molecular flexibility index (Phi) is 5.49. The van der Waals surface area contributed by atoms with Crippen molar-refractivity contribution in [2.45, 2.75) is 48.8 Å². The summed E-state index contributed by atoms with van der Waals surface area (Å²) in [7, 11) is 0. The second kappa shape index (κ2) is 7.85. The van der Waals surface area contributed by atoms with Crippen LogP contribution in [0.2, 0.25) is 5.02 Å². The van der Waals surface area contributed by atoms with E-state index < -0.39 is 34.0 Å². The van der Waals surface area contributed by atoms with Gasteiger partial charge in [-0.3, -0.25) is 10.1 Å². The second-order valence-corrected chi connectivity index (χ2v) is 9.87. The molecule has 0 aliphatic carbocycles. The van der Waals surface area contributed by atoms with Gasteiger partial charge in [0.2, 0.25) is 0 Å². The number of benzene rings is 2. The maximum absolute atomic E-state index is 13.1. The number of nitrogens with zero attached hydrogens (tertiary/aromatic N) is 2. The fraction of sp³-hybridized carbons (Fsp3) is 0.318. The van der Waals surface area contributed by atoms with E-state index in [0.29, 0.717) is 32.1 Å². The van der Waals surface area contributed by atoms with Crippen molar-refractivity contribution in [2.24, 2.45) is 0 Å². The van der Waals surface area contributed by atoms with Gasteiger partial charge in [0.05, 0.1) is 10.5 Å². The molecule has 2 aromatic carbocycles. The fourth-order valence-corrected chi connectivity index (χ4v) is 5.75. The minimum absolute atomic E-state index is 0.358. The van der Waals surface area contributed by atoms with Crippen LogP contribution in [0.15, 0.2) is 53.6 Å². The van der Waals surface area contributed by atoms with E-state index in [1.165, 1.54) is 4.57 Å². The van der Waals surface area contributed by atoms with Gasteiger partial charge >= 0.3 is 6.09 Å². The summed E-state index contributed by atoms with van der Waals surface area (Å²) in [5.41, 5.74) is 0.673. The summed E-state index contributed by atoms with van der Waals surface area (Å²) in [6, 6.07) is 12.5. The Hall–Kier alpha value is -2.55. The Bertz CT molecular complexity index is 1190. The van der Waals surface area contributed by atoms with E-state index in [0.717, 1.165) is 11.8 Å². The van der Waals surface area contributed by atoms with Gasteiger partial charge in [-0.05, 0) is 38.5 Å². The number of hydrogen-bond acceptors (Lipinski definition) is 6. The highest BCUT2D eigenvalue weighted by molar-refractivity contribution is 7.99. The molecule has 0 bridgehead atoms. The highest BCUT2D eigenvalue weighted by Crippen LogP contribution is 2.54. The third-order valence-corrected chi connectivity index (χ3v) is 6.82. The first kappa shape index (κ1) is 21.7. The first-order chi connectivity index (χ1) is 14.6. The van der Waals surface area contributed by atoms with Crippen LogP contribution in [-0.4, -0.2) is 32.3 Å². The number of aliphatic hydroxyl groups excluding tert-OH is 1. The number of para-hydroxylation sites is 1. The van der Waals surface area contributed by atoms with Crippen LogP contribution in [0.5, 0.6) is 0 Å². The summed E-state index contributed by atoms with van der Waals surface area (Å²) < 4.78 is 6.99. The van der Waals surface area contributed by atoms with Gasteiger partial charge in [-0.25, -0.2) is 9.36 Å². The molecular weight excluding hydrogens is 440 g/mol. The molecule has 0 saturated heterocycles. The molecule has 3 atom stereocenters. The summed E-state index contributed by atoms with van der Waals surface area (Å²) in [5, 5.41) is 23.8. The van der Waals surface area contributed by atoms with E-state index in [-0.39, 0.29) is 0 Å². The summed E-state index contributed by atoms with van der Waals surface area (Å²) >= 11 is 7.50. The van der Waals surface area contributed by atoms with E-state index >= 15 is 0 Å². The molecule has 1 aromatic heterocycles. The fourth-order valence-electron chi connectivity index (χ4n) is 3.84. The molecule has 3 aromatic rings. The summed E-state index contributed by atoms with van der Waals surface area (Å²) in [4.78, 5) is 24.7. The monoisotopic (exact) mass is 460 g/mol. The van der Waals surface area contributed by atoms with E-state index in [1.807, 2.05) is 0 Å². The lowest BCUT2D eigenvalue weighted by molar-refractivity contribution is -0.536. The molecule has 31 heavy (non-hydrogen) atoms. The van der Waals surface area contributed by atoms with Crippen LogP contribution in [-0.2, 0) is 4.74 Å². The first-order valence-corrected chi connectivity index (χ1v) is 10.9. The molecule has 1 N–H and O–H groups in total. The van der Waals surface area contributed by atoms with Crippen LogP contribution in [0.1, 0.15) is 43.3 Å². The number of hydrogen-bond donors (Lipinski definition) is 1. The Morgan fingerprint density at radius 3 is 2.48 bits per heavy atom. The maximum atomic E-state index is 13.1. The Balaban J connectivity index is 1.96. The SMILES string of the molecule is CC(C)(C)OC(=O)n1c2c(c3ccccc31)[C@@H](O)[C@H]([N+](=O)[O-])[C@@H](c1ccccc1Cl)S2. The summed E-state index contributed by atoms with van der Waals surface area (Å²) in [6.07, 6.45) is -2.04. The zero-order chi connectivity index (χ0) is 22.5. The van der Waals surface area contributed by atoms with Gasteiger partial charge in [0.25, 0.3) is 6.04 Å². The van der Waals surface area contributed by atoms with Crippen molar-refractivity contribution in [2.75, 3.05) is 0 Å². The number of carbonyl (C=O) groups is 1. The Labute approximate surface area is 188 Å². The van der Waals surface area contributed by atoms with E-state index in [4.69, 9.17) is 16.3 Å². The van der Waals surface area contributed by atoms with Crippen molar-refractivity contribution in [3.8, 4) is 0 Å². The zero-order valence-electron chi connectivity index (χ0n) is 17.1. The van der Waals surface area contributed by atoms with Crippen LogP contribution >= 0.6 is 23.4 Å². The van der Waals surface area contributed by atoms with Crippen molar-refractivity contribution in [3.63, 3.8) is 0 Å². The highest BCUT2D eigenvalue weighted by atomic mass is 35.5. The van der Waals surface area contributed by atoms with E-state index in [1.54, 1.807) is 69.3 Å². The van der Waals surface area contributed by atoms with Gasteiger partial charge in [-0.15, -0.1) is 0 Å². The van der Waals surface area contributed by atoms with Crippen molar-refractivity contribution in [3.05, 3.63) is 74.8 Å². The maximum Gasteiger partial charge on any atom is 0.419 e. The molecule has 0 amide bonds. The first-order valence-electron chi connectivity index (χ1n) is 9.69. The van der Waals surface area contributed by atoms with Crippen LogP contribution in [0.3, 0.4) is 0 Å². The quantitative estimate of drug-likeness (QED) is 0.395. The average Bonchev–Trinajstić information content (AvgIpc) is 3.01. The van der Waals surface area contributed by atoms with Crippen molar-refractivity contribution in [1.82, 2.24) is 4.57 Å². The molecule has 0 spiro atoms. The number of nitro groups is 1. The Morgan fingerprint density at radius 2 is 1.84 bits per heavy atom. The third kappa shape index (κ3) is 3.79. The lowest BCUT2D eigenvalue weighted by atomic mass is 9.95. The highest BCUT2D eigenvalue weighted by Gasteiger charge is 2.49. The van der Waals surface area contributed by atoms with Crippen LogP contribution in [0, 0.1) is 10.1 Å². The average molecular weight is 461 g/mol. The topological polar surface area (TPSA) is 94.6 Å². The third-order valence-electron chi connectivity index (χ3n) is 5.07. The predicted octanol–water partition coefficient (Wildman–Crippen LogP) is 5.60. The molecule has 1 aliphatic heterocycles. The van der Waals surface area contributed by atoms with E-state index in [9.17, 15) is 20.0 Å². The smallest absolute Gasteiger partial charge is 0.419 e. The van der Waals surface area contributed by atoms with Crippen molar-refractivity contribution in [1.29, 1.82) is 0 Å². The number of ether oxygens (including phenoxy) is 1. The molecular formula is C22H21ClN2O5S. The standard InChI is InChI=1S/C22H21ClN2O5S/c1-22(2,3)30-21(27)24-15-11-7-5-9-13(15)16-18(26)17(25(28)29)19(31-20(16)24)12-8-4-6-10-14(12)23/h4-11,17-19,26H,1-3H3/t17-,18+,19+/m0/s1. The van der Waals surface area contributed by atoms with Gasteiger partial charge in [-0.2, -0.15) is 0 Å². The van der Waals surface area contributed by atoms with Crippen LogP contribution < -0.4 is 0 Å². The number of rotatable bonds is 2. The number of aliphatic hydroxyl groups is 1. The number of halogens is 1. The molecule has 7 nitrogen and oxygen atoms in total. The predicted molar refractivity (Wildman–Crippen MR) is 119 cm³/mol. The lowest BCUT2D eigenvalue weighted by Gasteiger charge is -2.31. The second-order valence-electron chi connectivity index (χ2n) is 8.33. The van der Waals surface area contributed by atoms with Gasteiger partial charge < -0.3 is 9.84 Å². The lowest BCUT2D eigenvalue weighted by Crippen LogP contribution is -2.36. The number of fused-ring (bicyclic) bond motifs is 3. The molecule has 162 valence electrons. The molecule has 9 heteroatoms. The van der Waals surface area contributed by atoms with Gasteiger partial charge in [0.15, 0.2) is 6.10 Å². The largest absolute Gasteiger partial charge is 0.443 e. The van der Waals surface area contributed by atoms with Crippen molar-refractivity contribution >= 4 is 40.4 Å². The number of carbonyl (C=O) groups excluding carboxylic acids is 1. The molecule has 0 fully saturated rings. The van der Waals surface area contributed by atoms with Crippen LogP contribution in [0.4, 0.5) is 4.79 Å². The normalized spacial score (nSPS) is 21.0. The zero-order valence-corrected chi connectivity index (χ0v) is 18.7. The van der Waals surface area contributed by atoms with Gasteiger partial charge in [-0.1, -0.05) is 59.8 Å². The minimum atomic E-state index is -1.43. The number of aromatic nitrogens is 1. The molecule has 0 saturated carbocycles. The molecule has 2 heterocycles. The van der Waals surface area contributed by atoms with Gasteiger partial charge in [0, 0.05) is 20.9 Å².